The Balaban J connectivity index is 0.00000272. The number of carbonyl (C=O) groups excluding carboxylic acids is 1. The number of benzene rings is 2. The number of aromatic nitrogens is 1. The van der Waals surface area contributed by atoms with E-state index in [4.69, 9.17) is 0 Å². The van der Waals surface area contributed by atoms with Crippen molar-refractivity contribution < 1.29 is 4.79 Å². The molecule has 0 aliphatic carbocycles. The normalized spacial score (nSPS) is 13.9. The van der Waals surface area contributed by atoms with E-state index in [1.807, 2.05) is 41.4 Å². The molecule has 1 fully saturated rings. The van der Waals surface area contributed by atoms with Crippen LogP contribution in [0.25, 0.3) is 10.9 Å². The first-order chi connectivity index (χ1) is 14.7. The van der Waals surface area contributed by atoms with E-state index < -0.39 is 0 Å². The topological polar surface area (TPSA) is 69.6 Å². The lowest BCUT2D eigenvalue weighted by Crippen LogP contribution is -2.36. The number of fused-ring (bicyclic) bond motifs is 1. The van der Waals surface area contributed by atoms with Crippen molar-refractivity contribution in [2.45, 2.75) is 32.5 Å². The zero-order valence-electron chi connectivity index (χ0n) is 17.7. The van der Waals surface area contributed by atoms with Gasteiger partial charge in [-0.1, -0.05) is 42.5 Å². The smallest absolute Gasteiger partial charge is 0.222 e. The Morgan fingerprint density at radius 1 is 1.06 bits per heavy atom. The molecule has 0 bridgehead atoms. The van der Waals surface area contributed by atoms with Crippen molar-refractivity contribution in [1.82, 2.24) is 20.5 Å². The molecule has 1 aliphatic rings. The molecule has 2 aromatic carbocycles. The molecule has 0 unspecified atom stereocenters. The van der Waals surface area contributed by atoms with Crippen molar-refractivity contribution in [3.8, 4) is 0 Å². The van der Waals surface area contributed by atoms with Crippen LogP contribution < -0.4 is 10.6 Å². The van der Waals surface area contributed by atoms with Crippen molar-refractivity contribution in [2.24, 2.45) is 4.99 Å². The van der Waals surface area contributed by atoms with E-state index in [0.717, 1.165) is 41.0 Å². The molecule has 4 rings (SSSR count). The molecule has 0 atom stereocenters. The monoisotopic (exact) mass is 529 g/mol. The number of likely N-dealkylation sites (tertiary alicyclic amines) is 1. The third kappa shape index (κ3) is 5.94. The summed E-state index contributed by atoms with van der Waals surface area (Å²) in [6.07, 6.45) is 3.48. The SMILES string of the molecule is CN=C(NCc1cccc(CN2CCCC2=O)c1)NCc1ccnc2ccccc12.I. The molecule has 0 spiro atoms. The van der Waals surface area contributed by atoms with Crippen LogP contribution in [-0.4, -0.2) is 35.3 Å². The second-order valence-electron chi connectivity index (χ2n) is 7.51. The number of pyridine rings is 1. The van der Waals surface area contributed by atoms with Crippen LogP contribution in [0.4, 0.5) is 0 Å². The van der Waals surface area contributed by atoms with E-state index in [1.54, 1.807) is 7.05 Å². The van der Waals surface area contributed by atoms with Crippen molar-refractivity contribution in [3.05, 3.63) is 77.5 Å². The average Bonchev–Trinajstić information content (AvgIpc) is 3.18. The van der Waals surface area contributed by atoms with Gasteiger partial charge in [0.2, 0.25) is 5.91 Å². The summed E-state index contributed by atoms with van der Waals surface area (Å²) in [5.41, 5.74) is 4.50. The van der Waals surface area contributed by atoms with E-state index in [2.05, 4.69) is 44.9 Å². The molecule has 6 nitrogen and oxygen atoms in total. The Morgan fingerprint density at radius 3 is 2.68 bits per heavy atom. The molecule has 31 heavy (non-hydrogen) atoms. The Bertz CT molecular complexity index is 1060. The second-order valence-corrected chi connectivity index (χ2v) is 7.51. The van der Waals surface area contributed by atoms with Crippen LogP contribution in [0.1, 0.15) is 29.5 Å². The number of carbonyl (C=O) groups is 1. The summed E-state index contributed by atoms with van der Waals surface area (Å²) in [6.45, 7) is 2.88. The Kier molecular flexibility index (Phi) is 8.22. The van der Waals surface area contributed by atoms with Gasteiger partial charge in [0, 0.05) is 51.2 Å². The Morgan fingerprint density at radius 2 is 1.87 bits per heavy atom. The van der Waals surface area contributed by atoms with Gasteiger partial charge in [-0.2, -0.15) is 0 Å². The van der Waals surface area contributed by atoms with Gasteiger partial charge in [-0.3, -0.25) is 14.8 Å². The summed E-state index contributed by atoms with van der Waals surface area (Å²) >= 11 is 0. The number of para-hydroxylation sites is 1. The van der Waals surface area contributed by atoms with Gasteiger partial charge in [0.05, 0.1) is 5.52 Å². The van der Waals surface area contributed by atoms with E-state index in [9.17, 15) is 4.79 Å². The van der Waals surface area contributed by atoms with E-state index >= 15 is 0 Å². The maximum absolute atomic E-state index is 11.9. The van der Waals surface area contributed by atoms with Gasteiger partial charge in [-0.25, -0.2) is 0 Å². The molecule has 0 saturated carbocycles. The van der Waals surface area contributed by atoms with Crippen molar-refractivity contribution in [3.63, 3.8) is 0 Å². The molecular formula is C24H28IN5O. The third-order valence-electron chi connectivity index (χ3n) is 5.41. The average molecular weight is 529 g/mol. The van der Waals surface area contributed by atoms with E-state index in [0.29, 0.717) is 26.1 Å². The van der Waals surface area contributed by atoms with Gasteiger partial charge in [0.25, 0.3) is 0 Å². The molecule has 2 heterocycles. The molecule has 1 amide bonds. The highest BCUT2D eigenvalue weighted by Gasteiger charge is 2.19. The maximum Gasteiger partial charge on any atom is 0.222 e. The third-order valence-corrected chi connectivity index (χ3v) is 5.41. The number of nitrogens with zero attached hydrogens (tertiary/aromatic N) is 3. The van der Waals surface area contributed by atoms with Gasteiger partial charge >= 0.3 is 0 Å². The van der Waals surface area contributed by atoms with E-state index in [1.165, 1.54) is 5.56 Å². The molecule has 7 heteroatoms. The summed E-state index contributed by atoms with van der Waals surface area (Å²) in [4.78, 5) is 22.6. The lowest BCUT2D eigenvalue weighted by molar-refractivity contribution is -0.128. The van der Waals surface area contributed by atoms with Gasteiger partial charge in [-0.15, -0.1) is 24.0 Å². The molecule has 2 N–H and O–H groups in total. The highest BCUT2D eigenvalue weighted by Crippen LogP contribution is 2.16. The van der Waals surface area contributed by atoms with Crippen LogP contribution in [0.2, 0.25) is 0 Å². The fourth-order valence-electron chi connectivity index (χ4n) is 3.82. The van der Waals surface area contributed by atoms with Crippen LogP contribution in [0.15, 0.2) is 65.8 Å². The van der Waals surface area contributed by atoms with E-state index in [-0.39, 0.29) is 29.9 Å². The zero-order valence-corrected chi connectivity index (χ0v) is 20.0. The first-order valence-electron chi connectivity index (χ1n) is 10.4. The molecule has 0 radical (unpaired) electrons. The van der Waals surface area contributed by atoms with Crippen LogP contribution in [-0.2, 0) is 24.4 Å². The summed E-state index contributed by atoms with van der Waals surface area (Å²) in [5, 5.41) is 7.91. The second kappa shape index (κ2) is 11.1. The van der Waals surface area contributed by atoms with Crippen molar-refractivity contribution in [1.29, 1.82) is 0 Å². The van der Waals surface area contributed by atoms with Crippen LogP contribution in [0.3, 0.4) is 0 Å². The Labute approximate surface area is 200 Å². The number of halogens is 1. The number of aliphatic imine (C=N–C) groups is 1. The van der Waals surface area contributed by atoms with Crippen LogP contribution in [0, 0.1) is 0 Å². The van der Waals surface area contributed by atoms with Crippen molar-refractivity contribution >= 4 is 46.7 Å². The summed E-state index contributed by atoms with van der Waals surface area (Å²) in [7, 11) is 1.77. The molecule has 1 aromatic heterocycles. The number of hydrogen-bond donors (Lipinski definition) is 2. The summed E-state index contributed by atoms with van der Waals surface area (Å²) in [5.74, 6) is 1.00. The molecule has 162 valence electrons. The molecule has 3 aromatic rings. The standard InChI is InChI=1S/C24H27N5O.HI/c1-25-24(28-16-20-11-12-26-22-9-3-2-8-21(20)22)27-15-18-6-4-7-19(14-18)17-29-13-5-10-23(29)30;/h2-4,6-9,11-12,14H,5,10,13,15-17H2,1H3,(H2,25,27,28);1H. The fraction of sp³-hybridized carbons (Fsp3) is 0.292. The highest BCUT2D eigenvalue weighted by atomic mass is 127. The zero-order chi connectivity index (χ0) is 20.8. The van der Waals surface area contributed by atoms with Crippen molar-refractivity contribution in [2.75, 3.05) is 13.6 Å². The highest BCUT2D eigenvalue weighted by molar-refractivity contribution is 14.0. The Hall–Kier alpha value is -2.68. The number of amides is 1. The quantitative estimate of drug-likeness (QED) is 0.289. The summed E-state index contributed by atoms with van der Waals surface area (Å²) < 4.78 is 0. The van der Waals surface area contributed by atoms with Crippen LogP contribution >= 0.6 is 24.0 Å². The lowest BCUT2D eigenvalue weighted by Gasteiger charge is -2.17. The van der Waals surface area contributed by atoms with Gasteiger partial charge < -0.3 is 15.5 Å². The van der Waals surface area contributed by atoms with Gasteiger partial charge in [-0.05, 0) is 35.2 Å². The lowest BCUT2D eigenvalue weighted by atomic mass is 10.1. The number of guanidine groups is 1. The summed E-state index contributed by atoms with van der Waals surface area (Å²) in [6, 6.07) is 18.5. The van der Waals surface area contributed by atoms with Crippen LogP contribution in [0.5, 0.6) is 0 Å². The molecule has 1 aliphatic heterocycles. The minimum Gasteiger partial charge on any atom is -0.352 e. The predicted molar refractivity (Wildman–Crippen MR) is 135 cm³/mol. The number of nitrogens with one attached hydrogen (secondary N) is 2. The molecule has 1 saturated heterocycles. The number of hydrogen-bond acceptors (Lipinski definition) is 3. The molecular weight excluding hydrogens is 501 g/mol. The van der Waals surface area contributed by atoms with Gasteiger partial charge in [0.1, 0.15) is 0 Å². The largest absolute Gasteiger partial charge is 0.352 e. The predicted octanol–water partition coefficient (Wildman–Crippen LogP) is 3.84. The van der Waals surface area contributed by atoms with Gasteiger partial charge in [0.15, 0.2) is 5.96 Å². The fourth-order valence-corrected chi connectivity index (χ4v) is 3.82. The minimum atomic E-state index is 0. The minimum absolute atomic E-state index is 0. The first-order valence-corrected chi connectivity index (χ1v) is 10.4. The maximum atomic E-state index is 11.9. The first kappa shape index (κ1) is 23.0. The number of rotatable bonds is 6.